The fourth-order valence-corrected chi connectivity index (χ4v) is 4.88. The zero-order chi connectivity index (χ0) is 24.2. The highest BCUT2D eigenvalue weighted by atomic mass is 16.5. The molecular weight excluding hydrogens is 440 g/mol. The summed E-state index contributed by atoms with van der Waals surface area (Å²) < 4.78 is 12.1. The topological polar surface area (TPSA) is 75.7 Å². The smallest absolute Gasteiger partial charge is 0.253 e. The van der Waals surface area contributed by atoms with Crippen LogP contribution in [-0.4, -0.2) is 54.2 Å². The molecule has 1 amide bonds. The van der Waals surface area contributed by atoms with Gasteiger partial charge >= 0.3 is 0 Å². The molecule has 0 radical (unpaired) electrons. The largest absolute Gasteiger partial charge is 0.493 e. The van der Waals surface area contributed by atoms with Crippen molar-refractivity contribution in [1.82, 2.24) is 15.2 Å². The molecule has 1 aromatic carbocycles. The van der Waals surface area contributed by atoms with Crippen molar-refractivity contribution in [1.29, 1.82) is 0 Å². The molecule has 188 valence electrons. The highest BCUT2D eigenvalue weighted by Crippen LogP contribution is 2.49. The van der Waals surface area contributed by atoms with Crippen LogP contribution in [0.25, 0.3) is 0 Å². The van der Waals surface area contributed by atoms with Gasteiger partial charge < -0.3 is 20.1 Å². The number of hydrogen-bond acceptors (Lipinski definition) is 6. The number of aromatic nitrogens is 1. The van der Waals surface area contributed by atoms with Crippen LogP contribution in [0.4, 0.5) is 5.82 Å². The molecule has 7 nitrogen and oxygen atoms in total. The Morgan fingerprint density at radius 1 is 0.971 bits per heavy atom. The maximum atomic E-state index is 12.7. The Morgan fingerprint density at radius 2 is 1.66 bits per heavy atom. The third-order valence-corrected chi connectivity index (χ3v) is 7.03. The van der Waals surface area contributed by atoms with Crippen molar-refractivity contribution < 1.29 is 14.3 Å². The molecule has 3 fully saturated rings. The number of piperidine rings is 1. The fourth-order valence-electron chi connectivity index (χ4n) is 4.88. The van der Waals surface area contributed by atoms with E-state index in [-0.39, 0.29) is 11.9 Å². The third-order valence-electron chi connectivity index (χ3n) is 7.03. The van der Waals surface area contributed by atoms with Crippen LogP contribution in [-0.2, 0) is 6.54 Å². The molecule has 1 aliphatic heterocycles. The number of carbonyl (C=O) groups is 1. The Kier molecular flexibility index (Phi) is 7.42. The average Bonchev–Trinajstić information content (AvgIpc) is 3.77. The van der Waals surface area contributed by atoms with Crippen LogP contribution >= 0.6 is 0 Å². The molecule has 0 unspecified atom stereocenters. The minimum absolute atomic E-state index is 0.0349. The van der Waals surface area contributed by atoms with Gasteiger partial charge in [0.05, 0.1) is 18.8 Å². The summed E-state index contributed by atoms with van der Waals surface area (Å²) in [6.07, 6.45) is 8.40. The number of amides is 1. The van der Waals surface area contributed by atoms with E-state index < -0.39 is 0 Å². The van der Waals surface area contributed by atoms with Crippen LogP contribution in [0.5, 0.6) is 11.5 Å². The van der Waals surface area contributed by atoms with Crippen molar-refractivity contribution in [3.8, 4) is 11.5 Å². The lowest BCUT2D eigenvalue weighted by molar-refractivity contribution is 0.0908. The molecule has 2 N–H and O–H groups in total. The summed E-state index contributed by atoms with van der Waals surface area (Å²) >= 11 is 0. The average molecular weight is 479 g/mol. The van der Waals surface area contributed by atoms with Gasteiger partial charge in [-0.1, -0.05) is 0 Å². The number of anilines is 1. The number of nitrogens with zero attached hydrogens (tertiary/aromatic N) is 2. The maximum Gasteiger partial charge on any atom is 0.253 e. The second-order valence-corrected chi connectivity index (χ2v) is 10.0. The quantitative estimate of drug-likeness (QED) is 0.487. The van der Waals surface area contributed by atoms with Crippen LogP contribution in [0.15, 0.2) is 30.5 Å². The number of hydrogen-bond donors (Lipinski definition) is 2. The second kappa shape index (κ2) is 10.9. The van der Waals surface area contributed by atoms with Gasteiger partial charge in [-0.25, -0.2) is 4.98 Å². The molecule has 0 atom stereocenters. The van der Waals surface area contributed by atoms with E-state index in [0.717, 1.165) is 49.8 Å². The van der Waals surface area contributed by atoms with Crippen molar-refractivity contribution in [2.45, 2.75) is 76.9 Å². The van der Waals surface area contributed by atoms with Crippen molar-refractivity contribution in [2.75, 3.05) is 31.6 Å². The standard InChI is InChI=1S/C28H38N4O3/c1-3-34-24-15-19(16-25(35-4-2)27(24)20-5-6-20)18-32-13-11-23(12-14-32)31-28(33)21-7-10-26(29-17-21)30-22-8-9-22/h7,10,15-17,20,22-23H,3-6,8-9,11-14,18H2,1-2H3,(H,29,30)(H,31,33). The Balaban J connectivity index is 1.15. The summed E-state index contributed by atoms with van der Waals surface area (Å²) in [7, 11) is 0. The Hall–Kier alpha value is -2.80. The first-order chi connectivity index (χ1) is 17.1. The highest BCUT2D eigenvalue weighted by molar-refractivity contribution is 5.94. The highest BCUT2D eigenvalue weighted by Gasteiger charge is 2.31. The predicted octanol–water partition coefficient (Wildman–Crippen LogP) is 4.73. The number of likely N-dealkylation sites (tertiary alicyclic amines) is 1. The molecular formula is C28H38N4O3. The third kappa shape index (κ3) is 6.26. The van der Waals surface area contributed by atoms with Crippen LogP contribution < -0.4 is 20.1 Å². The van der Waals surface area contributed by atoms with Crippen molar-refractivity contribution in [3.05, 3.63) is 47.2 Å². The lowest BCUT2D eigenvalue weighted by Gasteiger charge is -2.32. The van der Waals surface area contributed by atoms with Gasteiger partial charge in [-0.15, -0.1) is 0 Å². The summed E-state index contributed by atoms with van der Waals surface area (Å²) in [5.41, 5.74) is 3.11. The zero-order valence-electron chi connectivity index (χ0n) is 21.0. The molecule has 35 heavy (non-hydrogen) atoms. The summed E-state index contributed by atoms with van der Waals surface area (Å²) in [6.45, 7) is 8.17. The van der Waals surface area contributed by atoms with Crippen LogP contribution in [0.2, 0.25) is 0 Å². The van der Waals surface area contributed by atoms with Crippen molar-refractivity contribution in [3.63, 3.8) is 0 Å². The Morgan fingerprint density at radius 3 is 2.20 bits per heavy atom. The first-order valence-electron chi connectivity index (χ1n) is 13.3. The molecule has 0 bridgehead atoms. The van der Waals surface area contributed by atoms with Crippen LogP contribution in [0, 0.1) is 0 Å². The SMILES string of the molecule is CCOc1cc(CN2CCC(NC(=O)c3ccc(NC4CC4)nc3)CC2)cc(OCC)c1C1CC1. The molecule has 1 saturated heterocycles. The van der Waals surface area contributed by atoms with E-state index in [1.807, 2.05) is 26.0 Å². The van der Waals surface area contributed by atoms with Gasteiger partial charge in [0.1, 0.15) is 17.3 Å². The monoisotopic (exact) mass is 478 g/mol. The van der Waals surface area contributed by atoms with E-state index in [9.17, 15) is 4.79 Å². The molecule has 2 aromatic rings. The first kappa shape index (κ1) is 23.9. The van der Waals surface area contributed by atoms with Crippen molar-refractivity contribution >= 4 is 11.7 Å². The lowest BCUT2D eigenvalue weighted by Crippen LogP contribution is -2.44. The normalized spacial score (nSPS) is 18.8. The molecule has 1 aromatic heterocycles. The first-order valence-corrected chi connectivity index (χ1v) is 13.3. The number of carbonyl (C=O) groups excluding carboxylic acids is 1. The number of nitrogens with one attached hydrogen (secondary N) is 2. The molecule has 3 aliphatic rings. The van der Waals surface area contributed by atoms with E-state index in [0.29, 0.717) is 30.7 Å². The molecule has 0 spiro atoms. The molecule has 2 aliphatic carbocycles. The van der Waals surface area contributed by atoms with E-state index >= 15 is 0 Å². The summed E-state index contributed by atoms with van der Waals surface area (Å²) in [5.74, 6) is 3.37. The van der Waals surface area contributed by atoms with Crippen molar-refractivity contribution in [2.24, 2.45) is 0 Å². The second-order valence-electron chi connectivity index (χ2n) is 10.0. The summed E-state index contributed by atoms with van der Waals surface area (Å²) in [6, 6.07) is 8.93. The Bertz CT molecular complexity index is 982. The van der Waals surface area contributed by atoms with Gasteiger partial charge in [-0.2, -0.15) is 0 Å². The summed E-state index contributed by atoms with van der Waals surface area (Å²) in [5, 5.41) is 6.56. The number of ether oxygens (including phenoxy) is 2. The van der Waals surface area contributed by atoms with Crippen LogP contribution in [0.3, 0.4) is 0 Å². The van der Waals surface area contributed by atoms with E-state index in [4.69, 9.17) is 9.47 Å². The zero-order valence-corrected chi connectivity index (χ0v) is 21.0. The van der Waals surface area contributed by atoms with Crippen LogP contribution in [0.1, 0.15) is 79.8 Å². The van der Waals surface area contributed by atoms with E-state index in [1.54, 1.807) is 6.20 Å². The number of benzene rings is 1. The maximum absolute atomic E-state index is 12.7. The molecule has 2 heterocycles. The van der Waals surface area contributed by atoms with Gasteiger partial charge in [0.15, 0.2) is 0 Å². The van der Waals surface area contributed by atoms with Gasteiger partial charge in [0.2, 0.25) is 0 Å². The van der Waals surface area contributed by atoms with Gasteiger partial charge in [0.25, 0.3) is 5.91 Å². The van der Waals surface area contributed by atoms with E-state index in [2.05, 4.69) is 32.7 Å². The van der Waals surface area contributed by atoms with Gasteiger partial charge in [-0.05, 0) is 88.1 Å². The Labute approximate surface area is 208 Å². The lowest BCUT2D eigenvalue weighted by atomic mass is 10.0. The fraction of sp³-hybridized carbons (Fsp3) is 0.571. The molecule has 5 rings (SSSR count). The summed E-state index contributed by atoms with van der Waals surface area (Å²) in [4.78, 5) is 19.6. The minimum Gasteiger partial charge on any atom is -0.493 e. The number of rotatable bonds is 11. The minimum atomic E-state index is -0.0349. The number of pyridine rings is 1. The van der Waals surface area contributed by atoms with Gasteiger partial charge in [-0.3, -0.25) is 9.69 Å². The van der Waals surface area contributed by atoms with Gasteiger partial charge in [0, 0.05) is 43.5 Å². The molecule has 2 saturated carbocycles. The van der Waals surface area contributed by atoms with E-state index in [1.165, 1.54) is 36.8 Å². The molecule has 7 heteroatoms. The predicted molar refractivity (Wildman–Crippen MR) is 137 cm³/mol.